The highest BCUT2D eigenvalue weighted by Crippen LogP contribution is 2.26. The monoisotopic (exact) mass is 294 g/mol. The fourth-order valence-corrected chi connectivity index (χ4v) is 2.59. The highest BCUT2D eigenvalue weighted by Gasteiger charge is 2.26. The number of carbonyl (C=O) groups is 1. The van der Waals surface area contributed by atoms with E-state index in [0.717, 1.165) is 25.9 Å². The van der Waals surface area contributed by atoms with Gasteiger partial charge in [0.05, 0.1) is 13.5 Å². The number of benzene rings is 1. The van der Waals surface area contributed by atoms with Gasteiger partial charge in [0.2, 0.25) is 5.91 Å². The number of carbonyl (C=O) groups excluding carboxylic acids is 1. The van der Waals surface area contributed by atoms with Crippen LogP contribution < -0.4 is 15.4 Å². The molecule has 0 aliphatic carbocycles. The van der Waals surface area contributed by atoms with E-state index in [-0.39, 0.29) is 23.5 Å². The summed E-state index contributed by atoms with van der Waals surface area (Å²) in [5, 5.41) is 6.29. The Morgan fingerprint density at radius 1 is 1.43 bits per heavy atom. The van der Waals surface area contributed by atoms with Gasteiger partial charge in [0, 0.05) is 6.54 Å². The third-order valence-electron chi connectivity index (χ3n) is 4.10. The maximum Gasteiger partial charge on any atom is 0.224 e. The van der Waals surface area contributed by atoms with Crippen molar-refractivity contribution >= 4 is 5.91 Å². The first-order valence-corrected chi connectivity index (χ1v) is 7.32. The van der Waals surface area contributed by atoms with Gasteiger partial charge in [-0.2, -0.15) is 0 Å². The van der Waals surface area contributed by atoms with Gasteiger partial charge in [0.1, 0.15) is 0 Å². The summed E-state index contributed by atoms with van der Waals surface area (Å²) in [5.74, 6) is -0.311. The number of hydrogen-bond acceptors (Lipinski definition) is 3. The smallest absolute Gasteiger partial charge is 0.224 e. The molecule has 1 saturated heterocycles. The largest absolute Gasteiger partial charge is 0.494 e. The van der Waals surface area contributed by atoms with Gasteiger partial charge in [0.15, 0.2) is 11.6 Å². The summed E-state index contributed by atoms with van der Waals surface area (Å²) >= 11 is 0. The number of nitrogens with one attached hydrogen (secondary N) is 2. The Balaban J connectivity index is 1.85. The van der Waals surface area contributed by atoms with Crippen molar-refractivity contribution in [3.05, 3.63) is 29.6 Å². The molecule has 1 heterocycles. The van der Waals surface area contributed by atoms with Crippen molar-refractivity contribution in [2.75, 3.05) is 26.7 Å². The molecule has 0 bridgehead atoms. The van der Waals surface area contributed by atoms with Gasteiger partial charge in [-0.1, -0.05) is 13.0 Å². The molecule has 0 spiro atoms. The zero-order valence-corrected chi connectivity index (χ0v) is 12.7. The maximum absolute atomic E-state index is 13.6. The van der Waals surface area contributed by atoms with Crippen LogP contribution in [0.2, 0.25) is 0 Å². The fourth-order valence-electron chi connectivity index (χ4n) is 2.59. The van der Waals surface area contributed by atoms with E-state index in [2.05, 4.69) is 17.6 Å². The minimum absolute atomic E-state index is 0.0701. The van der Waals surface area contributed by atoms with Crippen molar-refractivity contribution in [2.45, 2.75) is 26.2 Å². The topological polar surface area (TPSA) is 50.4 Å². The van der Waals surface area contributed by atoms with E-state index in [1.807, 2.05) is 0 Å². The fraction of sp³-hybridized carbons (Fsp3) is 0.562. The lowest BCUT2D eigenvalue weighted by molar-refractivity contribution is -0.121. The molecule has 5 heteroatoms. The first-order valence-electron chi connectivity index (χ1n) is 7.32. The summed E-state index contributed by atoms with van der Waals surface area (Å²) in [6, 6.07) is 4.62. The Labute approximate surface area is 125 Å². The number of halogens is 1. The number of methoxy groups -OCH3 is 1. The molecule has 0 unspecified atom stereocenters. The number of amides is 1. The molecule has 1 aromatic rings. The molecule has 1 fully saturated rings. The highest BCUT2D eigenvalue weighted by molar-refractivity contribution is 5.78. The maximum atomic E-state index is 13.6. The molecule has 0 saturated carbocycles. The van der Waals surface area contributed by atoms with Crippen molar-refractivity contribution in [2.24, 2.45) is 5.41 Å². The van der Waals surface area contributed by atoms with Crippen molar-refractivity contribution in [3.63, 3.8) is 0 Å². The minimum Gasteiger partial charge on any atom is -0.494 e. The molecule has 0 aromatic heterocycles. The van der Waals surface area contributed by atoms with E-state index in [0.29, 0.717) is 12.1 Å². The summed E-state index contributed by atoms with van der Waals surface area (Å²) in [5.41, 5.74) is 0.813. The molecular weight excluding hydrogens is 271 g/mol. The van der Waals surface area contributed by atoms with Crippen LogP contribution in [0.5, 0.6) is 5.75 Å². The van der Waals surface area contributed by atoms with Crippen LogP contribution in [0.1, 0.15) is 25.3 Å². The Morgan fingerprint density at radius 3 is 2.76 bits per heavy atom. The zero-order chi connectivity index (χ0) is 15.3. The van der Waals surface area contributed by atoms with E-state index >= 15 is 0 Å². The second kappa shape index (κ2) is 6.89. The van der Waals surface area contributed by atoms with Crippen LogP contribution in [-0.2, 0) is 11.2 Å². The van der Waals surface area contributed by atoms with Crippen molar-refractivity contribution in [1.82, 2.24) is 10.6 Å². The third kappa shape index (κ3) is 4.43. The van der Waals surface area contributed by atoms with Crippen LogP contribution in [0.3, 0.4) is 0 Å². The molecule has 1 aliphatic heterocycles. The van der Waals surface area contributed by atoms with Crippen LogP contribution in [0.15, 0.2) is 18.2 Å². The van der Waals surface area contributed by atoms with E-state index in [4.69, 9.17) is 4.74 Å². The van der Waals surface area contributed by atoms with Crippen LogP contribution in [-0.4, -0.2) is 32.7 Å². The first-order chi connectivity index (χ1) is 10.0. The Morgan fingerprint density at radius 2 is 2.14 bits per heavy atom. The first kappa shape index (κ1) is 15.8. The molecule has 2 rings (SSSR count). The zero-order valence-electron chi connectivity index (χ0n) is 12.7. The summed E-state index contributed by atoms with van der Waals surface area (Å²) in [6.45, 7) is 4.86. The normalized spacial score (nSPS) is 17.3. The van der Waals surface area contributed by atoms with Gasteiger partial charge in [0.25, 0.3) is 0 Å². The summed E-state index contributed by atoms with van der Waals surface area (Å²) in [4.78, 5) is 12.0. The predicted octanol–water partition coefficient (Wildman–Crippen LogP) is 1.88. The van der Waals surface area contributed by atoms with E-state index < -0.39 is 5.82 Å². The molecule has 1 amide bonds. The van der Waals surface area contributed by atoms with E-state index in [1.165, 1.54) is 13.2 Å². The summed E-state index contributed by atoms with van der Waals surface area (Å²) < 4.78 is 18.4. The van der Waals surface area contributed by atoms with Crippen LogP contribution >= 0.6 is 0 Å². The predicted molar refractivity (Wildman–Crippen MR) is 79.9 cm³/mol. The molecule has 1 aromatic carbocycles. The third-order valence-corrected chi connectivity index (χ3v) is 4.10. The van der Waals surface area contributed by atoms with Gasteiger partial charge in [-0.3, -0.25) is 4.79 Å². The van der Waals surface area contributed by atoms with Crippen molar-refractivity contribution in [3.8, 4) is 5.75 Å². The number of piperidine rings is 1. The van der Waals surface area contributed by atoms with E-state index in [9.17, 15) is 9.18 Å². The number of rotatable bonds is 5. The molecule has 116 valence electrons. The van der Waals surface area contributed by atoms with Gasteiger partial charge in [-0.05, 0) is 49.0 Å². The van der Waals surface area contributed by atoms with Gasteiger partial charge >= 0.3 is 0 Å². The SMILES string of the molecule is COc1ccc(CC(=O)NCC2(C)CCNCC2)cc1F. The minimum atomic E-state index is -0.437. The van der Waals surface area contributed by atoms with Crippen LogP contribution in [0, 0.1) is 11.2 Å². The highest BCUT2D eigenvalue weighted by atomic mass is 19.1. The Kier molecular flexibility index (Phi) is 5.17. The molecule has 4 nitrogen and oxygen atoms in total. The van der Waals surface area contributed by atoms with Gasteiger partial charge in [-0.25, -0.2) is 4.39 Å². The molecule has 21 heavy (non-hydrogen) atoms. The van der Waals surface area contributed by atoms with Gasteiger partial charge < -0.3 is 15.4 Å². The van der Waals surface area contributed by atoms with Crippen molar-refractivity contribution in [1.29, 1.82) is 0 Å². The van der Waals surface area contributed by atoms with E-state index in [1.54, 1.807) is 12.1 Å². The summed E-state index contributed by atoms with van der Waals surface area (Å²) in [7, 11) is 1.42. The van der Waals surface area contributed by atoms with Crippen LogP contribution in [0.25, 0.3) is 0 Å². The second-order valence-corrected chi connectivity index (χ2v) is 5.98. The molecular formula is C16H23FN2O2. The quantitative estimate of drug-likeness (QED) is 0.872. The second-order valence-electron chi connectivity index (χ2n) is 5.98. The molecule has 0 radical (unpaired) electrons. The lowest BCUT2D eigenvalue weighted by Gasteiger charge is -2.34. The standard InChI is InChI=1S/C16H23FN2O2/c1-16(5-7-18-8-6-16)11-19-15(20)10-12-3-4-14(21-2)13(17)9-12/h3-4,9,18H,5-8,10-11H2,1-2H3,(H,19,20). The average Bonchev–Trinajstić information content (AvgIpc) is 2.46. The molecule has 2 N–H and O–H groups in total. The van der Waals surface area contributed by atoms with Gasteiger partial charge in [-0.15, -0.1) is 0 Å². The summed E-state index contributed by atoms with van der Waals surface area (Å²) in [6.07, 6.45) is 2.31. The molecule has 1 aliphatic rings. The lowest BCUT2D eigenvalue weighted by Crippen LogP contribution is -2.43. The Hall–Kier alpha value is -1.62. The number of ether oxygens (including phenoxy) is 1. The van der Waals surface area contributed by atoms with Crippen LogP contribution in [0.4, 0.5) is 4.39 Å². The number of hydrogen-bond donors (Lipinski definition) is 2. The molecule has 0 atom stereocenters. The lowest BCUT2D eigenvalue weighted by atomic mass is 9.81. The Bertz CT molecular complexity index is 499. The van der Waals surface area contributed by atoms with Crippen molar-refractivity contribution < 1.29 is 13.9 Å². The average molecular weight is 294 g/mol.